The number of aromatic amines is 1. The highest BCUT2D eigenvalue weighted by Gasteiger charge is 2.13. The van der Waals surface area contributed by atoms with Gasteiger partial charge >= 0.3 is 0 Å². The minimum absolute atomic E-state index is 0.00508. The summed E-state index contributed by atoms with van der Waals surface area (Å²) in [4.78, 5) is 20.0. The number of aromatic nitrogens is 2. The number of thioether (sulfide) groups is 1. The number of ketones is 1. The molecule has 23 heavy (non-hydrogen) atoms. The molecule has 0 radical (unpaired) electrons. The number of hydrogen-bond donors (Lipinski definition) is 1. The van der Waals surface area contributed by atoms with Crippen molar-refractivity contribution >= 4 is 28.6 Å². The van der Waals surface area contributed by atoms with Crippen molar-refractivity contribution in [2.45, 2.75) is 5.16 Å². The maximum absolute atomic E-state index is 12.4. The van der Waals surface area contributed by atoms with Crippen LogP contribution in [0.2, 0.25) is 0 Å². The predicted molar refractivity (Wildman–Crippen MR) is 90.7 cm³/mol. The smallest absolute Gasteiger partial charge is 0.176 e. The molecule has 5 nitrogen and oxygen atoms in total. The summed E-state index contributed by atoms with van der Waals surface area (Å²) in [6.07, 6.45) is 0. The Kier molecular flexibility index (Phi) is 4.52. The van der Waals surface area contributed by atoms with E-state index < -0.39 is 0 Å². The van der Waals surface area contributed by atoms with E-state index in [0.717, 1.165) is 16.8 Å². The Hall–Kier alpha value is -2.47. The van der Waals surface area contributed by atoms with Gasteiger partial charge in [0.05, 0.1) is 36.6 Å². The molecule has 0 saturated carbocycles. The molecule has 0 bridgehead atoms. The number of ether oxygens (including phenoxy) is 2. The van der Waals surface area contributed by atoms with Gasteiger partial charge in [0.25, 0.3) is 0 Å². The van der Waals surface area contributed by atoms with Crippen molar-refractivity contribution in [2.24, 2.45) is 0 Å². The van der Waals surface area contributed by atoms with Gasteiger partial charge in [-0.25, -0.2) is 4.98 Å². The number of rotatable bonds is 6. The second-order valence-electron chi connectivity index (χ2n) is 4.84. The van der Waals surface area contributed by atoms with Crippen molar-refractivity contribution in [3.8, 4) is 11.5 Å². The highest BCUT2D eigenvalue weighted by atomic mass is 32.2. The first-order valence-electron chi connectivity index (χ1n) is 7.04. The maximum Gasteiger partial charge on any atom is 0.176 e. The number of imidazole rings is 1. The SMILES string of the molecule is COc1ccc2nc(SCC(=O)c3ccccc3OC)[nH]c2c1. The second kappa shape index (κ2) is 6.75. The second-order valence-corrected chi connectivity index (χ2v) is 5.80. The summed E-state index contributed by atoms with van der Waals surface area (Å²) in [5.74, 6) is 1.65. The van der Waals surface area contributed by atoms with Crippen LogP contribution in [0.25, 0.3) is 11.0 Å². The summed E-state index contributed by atoms with van der Waals surface area (Å²) in [7, 11) is 3.19. The van der Waals surface area contributed by atoms with Crippen LogP contribution in [0, 0.1) is 0 Å². The van der Waals surface area contributed by atoms with Crippen molar-refractivity contribution < 1.29 is 14.3 Å². The van der Waals surface area contributed by atoms with E-state index in [1.807, 2.05) is 30.3 Å². The van der Waals surface area contributed by atoms with E-state index in [4.69, 9.17) is 9.47 Å². The highest BCUT2D eigenvalue weighted by Crippen LogP contribution is 2.25. The van der Waals surface area contributed by atoms with E-state index >= 15 is 0 Å². The van der Waals surface area contributed by atoms with Crippen LogP contribution in [0.15, 0.2) is 47.6 Å². The molecule has 1 aromatic heterocycles. The molecule has 0 fully saturated rings. The molecule has 3 rings (SSSR count). The molecule has 0 atom stereocenters. The van der Waals surface area contributed by atoms with Gasteiger partial charge in [-0.1, -0.05) is 23.9 Å². The number of carbonyl (C=O) groups excluding carboxylic acids is 1. The van der Waals surface area contributed by atoms with Crippen LogP contribution in [-0.4, -0.2) is 35.7 Å². The number of para-hydroxylation sites is 1. The summed E-state index contributed by atoms with van der Waals surface area (Å²) in [6, 6.07) is 12.8. The lowest BCUT2D eigenvalue weighted by Crippen LogP contribution is -2.04. The Bertz CT molecular complexity index is 845. The van der Waals surface area contributed by atoms with Gasteiger partial charge in [-0.15, -0.1) is 0 Å². The van der Waals surface area contributed by atoms with Gasteiger partial charge in [0.1, 0.15) is 11.5 Å². The van der Waals surface area contributed by atoms with Crippen molar-refractivity contribution in [1.29, 1.82) is 0 Å². The monoisotopic (exact) mass is 328 g/mol. The quantitative estimate of drug-likeness (QED) is 0.554. The first kappa shape index (κ1) is 15.4. The number of methoxy groups -OCH3 is 2. The predicted octanol–water partition coefficient (Wildman–Crippen LogP) is 3.56. The van der Waals surface area contributed by atoms with Gasteiger partial charge in [0.15, 0.2) is 10.9 Å². The first-order chi connectivity index (χ1) is 11.2. The number of H-pyrrole nitrogens is 1. The fourth-order valence-corrected chi connectivity index (χ4v) is 3.02. The Balaban J connectivity index is 1.74. The lowest BCUT2D eigenvalue weighted by molar-refractivity contribution is 0.101. The lowest BCUT2D eigenvalue weighted by atomic mass is 10.1. The van der Waals surface area contributed by atoms with Crippen LogP contribution in [0.3, 0.4) is 0 Å². The molecule has 0 unspecified atom stereocenters. The number of Topliss-reactive ketones (excluding diaryl/α,β-unsaturated/α-hetero) is 1. The third-order valence-corrected chi connectivity index (χ3v) is 4.29. The first-order valence-corrected chi connectivity index (χ1v) is 8.02. The van der Waals surface area contributed by atoms with E-state index in [2.05, 4.69) is 9.97 Å². The lowest BCUT2D eigenvalue weighted by Gasteiger charge is -2.06. The summed E-state index contributed by atoms with van der Waals surface area (Å²) in [6.45, 7) is 0. The highest BCUT2D eigenvalue weighted by molar-refractivity contribution is 7.99. The van der Waals surface area contributed by atoms with E-state index in [9.17, 15) is 4.79 Å². The van der Waals surface area contributed by atoms with E-state index in [0.29, 0.717) is 16.5 Å². The molecular weight excluding hydrogens is 312 g/mol. The van der Waals surface area contributed by atoms with Gasteiger partial charge in [-0.05, 0) is 24.3 Å². The van der Waals surface area contributed by atoms with Crippen molar-refractivity contribution in [3.05, 3.63) is 48.0 Å². The number of hydrogen-bond acceptors (Lipinski definition) is 5. The zero-order valence-electron chi connectivity index (χ0n) is 12.8. The fourth-order valence-electron chi connectivity index (χ4n) is 2.25. The maximum atomic E-state index is 12.4. The molecule has 0 aliphatic heterocycles. The topological polar surface area (TPSA) is 64.2 Å². The van der Waals surface area contributed by atoms with Gasteiger partial charge in [0, 0.05) is 6.07 Å². The fraction of sp³-hybridized carbons (Fsp3) is 0.176. The number of carbonyl (C=O) groups is 1. The molecule has 118 valence electrons. The van der Waals surface area contributed by atoms with Crippen LogP contribution < -0.4 is 9.47 Å². The van der Waals surface area contributed by atoms with Crippen LogP contribution in [0.4, 0.5) is 0 Å². The standard InChI is InChI=1S/C17H16N2O3S/c1-21-11-7-8-13-14(9-11)19-17(18-13)23-10-15(20)12-5-3-4-6-16(12)22-2/h3-9H,10H2,1-2H3,(H,18,19). The van der Waals surface area contributed by atoms with Crippen LogP contribution in [-0.2, 0) is 0 Å². The van der Waals surface area contributed by atoms with E-state index in [-0.39, 0.29) is 11.5 Å². The molecule has 0 aliphatic rings. The minimum Gasteiger partial charge on any atom is -0.497 e. The third kappa shape index (κ3) is 3.32. The molecule has 0 spiro atoms. The summed E-state index contributed by atoms with van der Waals surface area (Å²) in [5.41, 5.74) is 2.31. The zero-order valence-corrected chi connectivity index (χ0v) is 13.6. The van der Waals surface area contributed by atoms with Gasteiger partial charge in [-0.2, -0.15) is 0 Å². The zero-order chi connectivity index (χ0) is 16.2. The van der Waals surface area contributed by atoms with E-state index in [1.54, 1.807) is 26.4 Å². The third-order valence-electron chi connectivity index (χ3n) is 3.41. The van der Waals surface area contributed by atoms with E-state index in [1.165, 1.54) is 11.8 Å². The average Bonchev–Trinajstić information content (AvgIpc) is 3.01. The van der Waals surface area contributed by atoms with Gasteiger partial charge in [-0.3, -0.25) is 4.79 Å². The largest absolute Gasteiger partial charge is 0.497 e. The molecule has 2 aromatic carbocycles. The van der Waals surface area contributed by atoms with Crippen molar-refractivity contribution in [2.75, 3.05) is 20.0 Å². The number of nitrogens with one attached hydrogen (secondary N) is 1. The minimum atomic E-state index is 0.00508. The van der Waals surface area contributed by atoms with Crippen molar-refractivity contribution in [3.63, 3.8) is 0 Å². The molecule has 1 N–H and O–H groups in total. The average molecular weight is 328 g/mol. The number of nitrogens with zero attached hydrogens (tertiary/aromatic N) is 1. The van der Waals surface area contributed by atoms with Gasteiger partial charge < -0.3 is 14.5 Å². The van der Waals surface area contributed by atoms with Crippen LogP contribution in [0.5, 0.6) is 11.5 Å². The Morgan fingerprint density at radius 1 is 1.17 bits per heavy atom. The van der Waals surface area contributed by atoms with Crippen LogP contribution in [0.1, 0.15) is 10.4 Å². The molecule has 1 heterocycles. The molecule has 6 heteroatoms. The molecule has 0 saturated heterocycles. The Labute approximate surface area is 138 Å². The summed E-state index contributed by atoms with van der Waals surface area (Å²) in [5, 5.41) is 0.705. The molecular formula is C17H16N2O3S. The molecule has 0 amide bonds. The summed E-state index contributed by atoms with van der Waals surface area (Å²) < 4.78 is 10.4. The Morgan fingerprint density at radius 2 is 2.00 bits per heavy atom. The molecule has 3 aromatic rings. The van der Waals surface area contributed by atoms with Crippen molar-refractivity contribution in [1.82, 2.24) is 9.97 Å². The number of benzene rings is 2. The Morgan fingerprint density at radius 3 is 2.78 bits per heavy atom. The number of fused-ring (bicyclic) bond motifs is 1. The molecule has 0 aliphatic carbocycles. The van der Waals surface area contributed by atoms with Gasteiger partial charge in [0.2, 0.25) is 0 Å². The van der Waals surface area contributed by atoms with Crippen LogP contribution >= 0.6 is 11.8 Å². The summed E-state index contributed by atoms with van der Waals surface area (Å²) >= 11 is 1.37. The normalized spacial score (nSPS) is 10.7.